The van der Waals surface area contributed by atoms with E-state index in [4.69, 9.17) is 59.1 Å². The zero-order chi connectivity index (χ0) is 31.5. The summed E-state index contributed by atoms with van der Waals surface area (Å²) in [5, 5.41) is 17.9. The molecule has 0 saturated heterocycles. The van der Waals surface area contributed by atoms with Crippen molar-refractivity contribution >= 4 is 47.4 Å². The fraction of sp³-hybridized carbons (Fsp3) is 0.357. The average molecular weight is 664 g/mol. The minimum atomic E-state index is -1.40. The van der Waals surface area contributed by atoms with E-state index in [-0.39, 0.29) is 27.9 Å². The fourth-order valence-electron chi connectivity index (χ4n) is 3.39. The number of nitrogens with zero attached hydrogens (tertiary/aromatic N) is 6. The molecule has 2 heterocycles. The highest BCUT2D eigenvalue weighted by Crippen LogP contribution is 2.30. The molecule has 2 aliphatic carbocycles. The van der Waals surface area contributed by atoms with Crippen LogP contribution in [0.1, 0.15) is 25.7 Å². The summed E-state index contributed by atoms with van der Waals surface area (Å²) < 4.78 is 20.8. The van der Waals surface area contributed by atoms with Crippen molar-refractivity contribution in [1.29, 1.82) is 0 Å². The highest BCUT2D eigenvalue weighted by atomic mass is 35.5. The monoisotopic (exact) mass is 662 g/mol. The second kappa shape index (κ2) is 16.5. The van der Waals surface area contributed by atoms with Crippen LogP contribution in [-0.2, 0) is 0 Å². The Hall–Kier alpha value is -3.49. The van der Waals surface area contributed by atoms with Crippen molar-refractivity contribution in [3.8, 4) is 34.9 Å². The first-order chi connectivity index (χ1) is 21.2. The largest absolute Gasteiger partial charge is 0.493 e. The third-order valence-electron chi connectivity index (χ3n) is 6.17. The first kappa shape index (κ1) is 33.4. The molecule has 0 radical (unpaired) electrons. The van der Waals surface area contributed by atoms with Gasteiger partial charge in [-0.25, -0.2) is 0 Å². The summed E-state index contributed by atoms with van der Waals surface area (Å²) in [4.78, 5) is 22.8. The number of hydrogen-bond acceptors (Lipinski definition) is 12. The van der Waals surface area contributed by atoms with E-state index in [0.29, 0.717) is 11.3 Å². The Morgan fingerprint density at radius 1 is 0.636 bits per heavy atom. The van der Waals surface area contributed by atoms with Gasteiger partial charge >= 0.3 is 19.1 Å². The van der Waals surface area contributed by atoms with Gasteiger partial charge in [-0.15, -0.1) is 0 Å². The molecular formula is C28H30BCl3N6O6. The Balaban J connectivity index is 0.000000161. The van der Waals surface area contributed by atoms with Crippen molar-refractivity contribution < 1.29 is 29.0 Å². The molecule has 0 spiro atoms. The lowest BCUT2D eigenvalue weighted by Crippen LogP contribution is -2.29. The first-order valence-corrected chi connectivity index (χ1v) is 14.7. The Kier molecular flexibility index (Phi) is 12.6. The van der Waals surface area contributed by atoms with E-state index in [1.807, 2.05) is 24.3 Å². The molecule has 2 aliphatic rings. The summed E-state index contributed by atoms with van der Waals surface area (Å²) >= 11 is 16.6. The predicted molar refractivity (Wildman–Crippen MR) is 166 cm³/mol. The van der Waals surface area contributed by atoms with Crippen molar-refractivity contribution in [3.63, 3.8) is 0 Å². The molecule has 0 bridgehead atoms. The Morgan fingerprint density at radius 3 is 1.50 bits per heavy atom. The summed E-state index contributed by atoms with van der Waals surface area (Å²) in [6.45, 7) is 1.58. The third-order valence-corrected chi connectivity index (χ3v) is 6.68. The molecule has 2 fully saturated rings. The number of aromatic nitrogens is 6. The van der Waals surface area contributed by atoms with Crippen LogP contribution >= 0.6 is 34.8 Å². The molecule has 44 heavy (non-hydrogen) atoms. The van der Waals surface area contributed by atoms with E-state index in [9.17, 15) is 0 Å². The number of rotatable bonds is 10. The van der Waals surface area contributed by atoms with Crippen molar-refractivity contribution in [2.24, 2.45) is 11.8 Å². The molecule has 0 amide bonds. The molecule has 0 aliphatic heterocycles. The van der Waals surface area contributed by atoms with Crippen molar-refractivity contribution in [2.75, 3.05) is 27.4 Å². The minimum Gasteiger partial charge on any atom is -0.493 e. The van der Waals surface area contributed by atoms with Crippen LogP contribution in [0.15, 0.2) is 48.5 Å². The SMILES string of the molecule is COc1nc(Cl)nc(-c2ccc(OCC3CC3)cc2)n1.COc1nc(Cl)nc(Cl)n1.OB(O)c1ccc(OCC2CC2)cc1. The van der Waals surface area contributed by atoms with Gasteiger partial charge in [0.05, 0.1) is 27.4 Å². The Bertz CT molecular complexity index is 1460. The van der Waals surface area contributed by atoms with Gasteiger partial charge in [0.15, 0.2) is 5.82 Å². The Morgan fingerprint density at radius 2 is 1.07 bits per heavy atom. The van der Waals surface area contributed by atoms with Crippen LogP contribution in [0, 0.1) is 11.8 Å². The lowest BCUT2D eigenvalue weighted by atomic mass is 9.80. The maximum absolute atomic E-state index is 8.86. The normalized spacial score (nSPS) is 13.4. The van der Waals surface area contributed by atoms with Crippen LogP contribution in [0.25, 0.3) is 11.4 Å². The summed E-state index contributed by atoms with van der Waals surface area (Å²) in [5.41, 5.74) is 1.33. The maximum atomic E-state index is 8.86. The fourth-order valence-corrected chi connectivity index (χ4v) is 3.89. The van der Waals surface area contributed by atoms with Gasteiger partial charge in [-0.1, -0.05) is 12.1 Å². The van der Waals surface area contributed by atoms with Crippen LogP contribution < -0.4 is 24.4 Å². The number of hydrogen-bond donors (Lipinski definition) is 2. The molecule has 232 valence electrons. The number of methoxy groups -OCH3 is 2. The predicted octanol–water partition coefficient (Wildman–Crippen LogP) is 4.33. The zero-order valence-electron chi connectivity index (χ0n) is 23.9. The second-order valence-corrected chi connectivity index (χ2v) is 10.8. The topological polar surface area (TPSA) is 155 Å². The summed E-state index contributed by atoms with van der Waals surface area (Å²) in [5.74, 6) is 3.60. The van der Waals surface area contributed by atoms with Gasteiger partial charge in [0.25, 0.3) is 0 Å². The zero-order valence-corrected chi connectivity index (χ0v) is 26.2. The van der Waals surface area contributed by atoms with Gasteiger partial charge in [0.2, 0.25) is 15.9 Å². The Labute approximate surface area is 269 Å². The molecule has 16 heteroatoms. The smallest absolute Gasteiger partial charge is 0.488 e. The van der Waals surface area contributed by atoms with Crippen LogP contribution in [0.4, 0.5) is 0 Å². The standard InChI is InChI=1S/C14H14ClN3O2.C10H13BO3.C4H3Cl2N3O/c1-19-14-17-12(16-13(15)18-14)10-4-6-11(7-5-10)20-8-9-2-3-9;12-11(13)9-3-5-10(6-4-9)14-7-8-1-2-8;1-10-4-8-2(5)7-3(6)9-4/h4-7,9H,2-3,8H2,1H3;3-6,8,12-13H,1-2,7H2;1H3. The van der Waals surface area contributed by atoms with E-state index in [0.717, 1.165) is 42.1 Å². The van der Waals surface area contributed by atoms with Gasteiger partial charge in [0.1, 0.15) is 11.5 Å². The van der Waals surface area contributed by atoms with Crippen LogP contribution in [0.2, 0.25) is 15.9 Å². The molecule has 2 aromatic carbocycles. The van der Waals surface area contributed by atoms with Gasteiger partial charge in [0, 0.05) is 5.56 Å². The quantitative estimate of drug-likeness (QED) is 0.232. The van der Waals surface area contributed by atoms with E-state index < -0.39 is 7.12 Å². The summed E-state index contributed by atoms with van der Waals surface area (Å²) in [7, 11) is 1.51. The number of halogens is 3. The van der Waals surface area contributed by atoms with E-state index in [1.165, 1.54) is 39.9 Å². The van der Waals surface area contributed by atoms with E-state index in [2.05, 4.69) is 34.6 Å². The van der Waals surface area contributed by atoms with Gasteiger partial charge in [-0.2, -0.15) is 29.9 Å². The van der Waals surface area contributed by atoms with Gasteiger partial charge in [-0.3, -0.25) is 0 Å². The maximum Gasteiger partial charge on any atom is 0.488 e. The summed E-state index contributed by atoms with van der Waals surface area (Å²) in [6, 6.07) is 14.8. The van der Waals surface area contributed by atoms with Crippen molar-refractivity contribution in [2.45, 2.75) is 25.7 Å². The van der Waals surface area contributed by atoms with Gasteiger partial charge < -0.3 is 29.0 Å². The number of benzene rings is 2. The lowest BCUT2D eigenvalue weighted by Gasteiger charge is -2.06. The van der Waals surface area contributed by atoms with Gasteiger partial charge in [-0.05, 0) is 114 Å². The average Bonchev–Trinajstić information content (AvgIpc) is 3.95. The van der Waals surface area contributed by atoms with E-state index >= 15 is 0 Å². The highest BCUT2D eigenvalue weighted by Gasteiger charge is 2.22. The molecule has 0 unspecified atom stereocenters. The molecule has 12 nitrogen and oxygen atoms in total. The molecule has 6 rings (SSSR count). The lowest BCUT2D eigenvalue weighted by molar-refractivity contribution is 0.299. The van der Waals surface area contributed by atoms with Crippen molar-refractivity contribution in [3.05, 3.63) is 64.4 Å². The van der Waals surface area contributed by atoms with E-state index in [1.54, 1.807) is 24.3 Å². The van der Waals surface area contributed by atoms with Crippen molar-refractivity contribution in [1.82, 2.24) is 29.9 Å². The minimum absolute atomic E-state index is 0.0249. The first-order valence-electron chi connectivity index (χ1n) is 13.6. The molecule has 2 N–H and O–H groups in total. The summed E-state index contributed by atoms with van der Waals surface area (Å²) in [6.07, 6.45) is 5.10. The molecule has 2 aromatic heterocycles. The molecule has 0 atom stereocenters. The van der Waals surface area contributed by atoms with Crippen LogP contribution in [0.3, 0.4) is 0 Å². The third kappa shape index (κ3) is 11.5. The molecule has 2 saturated carbocycles. The van der Waals surface area contributed by atoms with Crippen LogP contribution in [-0.4, -0.2) is 74.5 Å². The molecule has 4 aromatic rings. The van der Waals surface area contributed by atoms with Crippen LogP contribution in [0.5, 0.6) is 23.5 Å². The molecular weight excluding hydrogens is 634 g/mol. The second-order valence-electron chi connectivity index (χ2n) is 9.75. The number of ether oxygens (including phenoxy) is 4. The highest BCUT2D eigenvalue weighted by molar-refractivity contribution is 6.58.